The largest absolute Gasteiger partial charge is 0.478 e. The molecule has 0 bridgehead atoms. The second-order valence-corrected chi connectivity index (χ2v) is 4.32. The van der Waals surface area contributed by atoms with Gasteiger partial charge in [-0.3, -0.25) is 10.1 Å². The molecule has 8 nitrogen and oxygen atoms in total. The maximum absolute atomic E-state index is 11.0. The number of aromatic carboxylic acids is 1. The maximum atomic E-state index is 11.0. The Kier molecular flexibility index (Phi) is 2.92. The number of nitrogens with zero attached hydrogens (tertiary/aromatic N) is 1. The van der Waals surface area contributed by atoms with E-state index in [0.717, 1.165) is 12.1 Å². The summed E-state index contributed by atoms with van der Waals surface area (Å²) in [5.74, 6) is -1.40. The van der Waals surface area contributed by atoms with Crippen LogP contribution in [0.15, 0.2) is 23.1 Å². The maximum Gasteiger partial charge on any atom is 0.335 e. The van der Waals surface area contributed by atoms with Crippen LogP contribution in [-0.2, 0) is 10.0 Å². The second kappa shape index (κ2) is 3.87. The number of nitro benzene ring substituents is 1. The molecule has 1 aromatic rings. The van der Waals surface area contributed by atoms with Crippen molar-refractivity contribution >= 4 is 21.7 Å². The predicted octanol–water partition coefficient (Wildman–Crippen LogP) is -0.0596. The van der Waals surface area contributed by atoms with Gasteiger partial charge < -0.3 is 5.11 Å². The summed E-state index contributed by atoms with van der Waals surface area (Å²) >= 11 is 0. The summed E-state index contributed by atoms with van der Waals surface area (Å²) in [6.07, 6.45) is 0. The van der Waals surface area contributed by atoms with Gasteiger partial charge in [0.25, 0.3) is 5.69 Å². The molecule has 0 aliphatic rings. The van der Waals surface area contributed by atoms with Crippen molar-refractivity contribution in [2.75, 3.05) is 0 Å². The van der Waals surface area contributed by atoms with Crippen LogP contribution in [-0.4, -0.2) is 24.4 Å². The van der Waals surface area contributed by atoms with E-state index in [4.69, 9.17) is 10.2 Å². The molecular weight excluding hydrogens is 240 g/mol. The molecular formula is C7H6N2O6S. The topological polar surface area (TPSA) is 141 Å². The SMILES string of the molecule is NS(=O)(=O)c1ccc(C(=O)O)cc1[N+](=O)[O-]. The quantitative estimate of drug-likeness (QED) is 0.565. The Morgan fingerprint density at radius 1 is 1.44 bits per heavy atom. The van der Waals surface area contributed by atoms with Gasteiger partial charge in [0, 0.05) is 6.07 Å². The number of nitro groups is 1. The Bertz CT molecular complexity index is 564. The number of rotatable bonds is 3. The Morgan fingerprint density at radius 2 is 2.00 bits per heavy atom. The van der Waals surface area contributed by atoms with E-state index >= 15 is 0 Å². The van der Waals surface area contributed by atoms with Crippen LogP contribution < -0.4 is 5.14 Å². The summed E-state index contributed by atoms with van der Waals surface area (Å²) in [6.45, 7) is 0. The molecule has 3 N–H and O–H groups in total. The van der Waals surface area contributed by atoms with E-state index in [0.29, 0.717) is 6.07 Å². The first kappa shape index (κ1) is 12.1. The van der Waals surface area contributed by atoms with Crippen molar-refractivity contribution in [1.29, 1.82) is 0 Å². The van der Waals surface area contributed by atoms with Crippen molar-refractivity contribution in [3.63, 3.8) is 0 Å². The average Bonchev–Trinajstić information content (AvgIpc) is 2.15. The molecule has 0 heterocycles. The van der Waals surface area contributed by atoms with Crippen molar-refractivity contribution < 1.29 is 23.2 Å². The highest BCUT2D eigenvalue weighted by atomic mass is 32.2. The lowest BCUT2D eigenvalue weighted by atomic mass is 10.2. The van der Waals surface area contributed by atoms with Crippen LogP contribution in [0.25, 0.3) is 0 Å². The van der Waals surface area contributed by atoms with E-state index in [1.165, 1.54) is 0 Å². The Labute approximate surface area is 89.5 Å². The fourth-order valence-corrected chi connectivity index (χ4v) is 1.72. The van der Waals surface area contributed by atoms with Gasteiger partial charge in [-0.25, -0.2) is 18.4 Å². The number of nitrogens with two attached hydrogens (primary N) is 1. The third-order valence-corrected chi connectivity index (χ3v) is 2.67. The minimum atomic E-state index is -4.26. The van der Waals surface area contributed by atoms with Gasteiger partial charge in [0.1, 0.15) is 0 Å². The number of hydrogen-bond acceptors (Lipinski definition) is 5. The van der Waals surface area contributed by atoms with Crippen molar-refractivity contribution in [2.45, 2.75) is 4.90 Å². The summed E-state index contributed by atoms with van der Waals surface area (Å²) in [5.41, 5.74) is -1.25. The molecule has 16 heavy (non-hydrogen) atoms. The van der Waals surface area contributed by atoms with Gasteiger partial charge >= 0.3 is 5.97 Å². The van der Waals surface area contributed by atoms with Crippen LogP contribution in [0.3, 0.4) is 0 Å². The first-order valence-corrected chi connectivity index (χ1v) is 5.32. The molecule has 0 aromatic heterocycles. The van der Waals surface area contributed by atoms with E-state index in [9.17, 15) is 23.3 Å². The molecule has 9 heteroatoms. The highest BCUT2D eigenvalue weighted by Gasteiger charge is 2.24. The summed E-state index contributed by atoms with van der Waals surface area (Å²) in [4.78, 5) is 19.3. The summed E-state index contributed by atoms with van der Waals surface area (Å²) in [5, 5.41) is 23.9. The van der Waals surface area contributed by atoms with Crippen LogP contribution in [0.5, 0.6) is 0 Å². The standard InChI is InChI=1S/C7H6N2O6S/c8-16(14,15)6-2-1-4(7(10)11)3-5(6)9(12)13/h1-3H,(H,10,11)(H2,8,14,15). The molecule has 1 rings (SSSR count). The second-order valence-electron chi connectivity index (χ2n) is 2.79. The average molecular weight is 246 g/mol. The molecule has 0 radical (unpaired) electrons. The normalized spacial score (nSPS) is 11.1. The minimum Gasteiger partial charge on any atom is -0.478 e. The van der Waals surface area contributed by atoms with Gasteiger partial charge in [-0.1, -0.05) is 0 Å². The lowest BCUT2D eigenvalue weighted by Gasteiger charge is -2.01. The van der Waals surface area contributed by atoms with Crippen LogP contribution in [0.4, 0.5) is 5.69 Å². The zero-order chi connectivity index (χ0) is 12.5. The molecule has 0 unspecified atom stereocenters. The molecule has 0 saturated heterocycles. The first-order chi connectivity index (χ1) is 7.23. The zero-order valence-electron chi connectivity index (χ0n) is 7.65. The summed E-state index contributed by atoms with van der Waals surface area (Å²) in [7, 11) is -4.26. The Hall–Kier alpha value is -2.00. The molecule has 0 atom stereocenters. The molecule has 0 aliphatic heterocycles. The van der Waals surface area contributed by atoms with Crippen molar-refractivity contribution in [3.8, 4) is 0 Å². The molecule has 0 saturated carbocycles. The summed E-state index contributed by atoms with van der Waals surface area (Å²) in [6, 6.07) is 2.36. The first-order valence-electron chi connectivity index (χ1n) is 3.78. The zero-order valence-corrected chi connectivity index (χ0v) is 8.47. The fraction of sp³-hybridized carbons (Fsp3) is 0. The number of carboxylic acid groups (broad SMARTS) is 1. The van der Waals surface area contributed by atoms with Crippen LogP contribution in [0, 0.1) is 10.1 Å². The number of carboxylic acids is 1. The molecule has 0 fully saturated rings. The monoisotopic (exact) mass is 246 g/mol. The molecule has 0 aliphatic carbocycles. The van der Waals surface area contributed by atoms with Gasteiger partial charge in [-0.15, -0.1) is 0 Å². The van der Waals surface area contributed by atoms with Crippen molar-refractivity contribution in [3.05, 3.63) is 33.9 Å². The number of carbonyl (C=O) groups is 1. The lowest BCUT2D eigenvalue weighted by Crippen LogP contribution is -2.14. The van der Waals surface area contributed by atoms with E-state index < -0.39 is 31.5 Å². The van der Waals surface area contributed by atoms with E-state index in [1.807, 2.05) is 0 Å². The van der Waals surface area contributed by atoms with Gasteiger partial charge in [0.2, 0.25) is 10.0 Å². The van der Waals surface area contributed by atoms with Crippen LogP contribution >= 0.6 is 0 Å². The third-order valence-electron chi connectivity index (χ3n) is 1.71. The van der Waals surface area contributed by atoms with Crippen molar-refractivity contribution in [1.82, 2.24) is 0 Å². The third kappa shape index (κ3) is 2.32. The number of sulfonamides is 1. The summed E-state index contributed by atoms with van der Waals surface area (Å²) < 4.78 is 21.9. The highest BCUT2D eigenvalue weighted by Crippen LogP contribution is 2.23. The predicted molar refractivity (Wildman–Crippen MR) is 51.4 cm³/mol. The number of hydrogen-bond donors (Lipinski definition) is 2. The van der Waals surface area contributed by atoms with E-state index in [1.54, 1.807) is 0 Å². The molecule has 0 amide bonds. The molecule has 86 valence electrons. The Morgan fingerprint density at radius 3 is 2.38 bits per heavy atom. The van der Waals surface area contributed by atoms with E-state index in [2.05, 4.69) is 0 Å². The smallest absolute Gasteiger partial charge is 0.335 e. The van der Waals surface area contributed by atoms with Gasteiger partial charge in [0.15, 0.2) is 4.90 Å². The molecule has 1 aromatic carbocycles. The molecule has 0 spiro atoms. The lowest BCUT2D eigenvalue weighted by molar-refractivity contribution is -0.387. The van der Waals surface area contributed by atoms with Gasteiger partial charge in [-0.2, -0.15) is 0 Å². The number of primary sulfonamides is 1. The minimum absolute atomic E-state index is 0.390. The number of benzene rings is 1. The fourth-order valence-electron chi connectivity index (χ4n) is 1.03. The van der Waals surface area contributed by atoms with E-state index in [-0.39, 0.29) is 5.56 Å². The van der Waals surface area contributed by atoms with Gasteiger partial charge in [-0.05, 0) is 12.1 Å². The Balaban J connectivity index is 3.55. The van der Waals surface area contributed by atoms with Crippen molar-refractivity contribution in [2.24, 2.45) is 5.14 Å². The van der Waals surface area contributed by atoms with Crippen LogP contribution in [0.1, 0.15) is 10.4 Å². The van der Waals surface area contributed by atoms with Crippen LogP contribution in [0.2, 0.25) is 0 Å². The van der Waals surface area contributed by atoms with Gasteiger partial charge in [0.05, 0.1) is 10.5 Å². The highest BCUT2D eigenvalue weighted by molar-refractivity contribution is 7.89.